The van der Waals surface area contributed by atoms with Crippen molar-refractivity contribution in [1.82, 2.24) is 20.2 Å². The number of H-pyrrole nitrogens is 1. The van der Waals surface area contributed by atoms with Crippen LogP contribution in [-0.4, -0.2) is 58.8 Å². The summed E-state index contributed by atoms with van der Waals surface area (Å²) in [5, 5.41) is 14.7. The highest BCUT2D eigenvalue weighted by atomic mass is 16.4. The predicted molar refractivity (Wildman–Crippen MR) is 107 cm³/mol. The summed E-state index contributed by atoms with van der Waals surface area (Å²) >= 11 is 0. The molecule has 3 rings (SSSR count). The molecule has 1 aliphatic rings. The predicted octanol–water partition coefficient (Wildman–Crippen LogP) is -1.31. The second kappa shape index (κ2) is 8.62. The molecule has 10 nitrogen and oxygen atoms in total. The number of benzene rings is 1. The SMILES string of the molecule is C#C[C@H](CC(=O)O)NC(=O)Cn1c(=O)[nH]c2ccc(N3CCNCC3)cc2c1=O. The molecule has 0 aliphatic carbocycles. The third-order valence-electron chi connectivity index (χ3n) is 4.66. The number of carbonyl (C=O) groups is 2. The lowest BCUT2D eigenvalue weighted by Crippen LogP contribution is -2.44. The smallest absolute Gasteiger partial charge is 0.329 e. The largest absolute Gasteiger partial charge is 0.481 e. The molecule has 29 heavy (non-hydrogen) atoms. The van der Waals surface area contributed by atoms with Gasteiger partial charge < -0.3 is 25.6 Å². The number of nitrogens with one attached hydrogen (secondary N) is 3. The molecule has 0 spiro atoms. The van der Waals surface area contributed by atoms with E-state index in [0.29, 0.717) is 5.52 Å². The van der Waals surface area contributed by atoms with E-state index in [2.05, 4.69) is 26.4 Å². The topological polar surface area (TPSA) is 137 Å². The molecular formula is C19H21N5O5. The average Bonchev–Trinajstić information content (AvgIpc) is 2.70. The first-order chi connectivity index (χ1) is 13.9. The molecular weight excluding hydrogens is 378 g/mol. The van der Waals surface area contributed by atoms with Crippen molar-refractivity contribution in [2.45, 2.75) is 19.0 Å². The Morgan fingerprint density at radius 2 is 2.00 bits per heavy atom. The third kappa shape index (κ3) is 4.64. The third-order valence-corrected chi connectivity index (χ3v) is 4.66. The standard InChI is InChI=1S/C19H21N5O5/c1-2-12(9-17(26)27)21-16(25)11-24-18(28)14-10-13(23-7-5-20-6-8-23)3-4-15(14)22-19(24)29/h1,3-4,10,12,20H,5-9,11H2,(H,21,25)(H,22,29)(H,26,27)/t12-/m1/s1. The zero-order valence-electron chi connectivity index (χ0n) is 15.6. The highest BCUT2D eigenvalue weighted by molar-refractivity contribution is 5.82. The van der Waals surface area contributed by atoms with E-state index >= 15 is 0 Å². The lowest BCUT2D eigenvalue weighted by molar-refractivity contribution is -0.137. The van der Waals surface area contributed by atoms with Gasteiger partial charge in [0.15, 0.2) is 0 Å². The summed E-state index contributed by atoms with van der Waals surface area (Å²) in [6.45, 7) is 2.69. The molecule has 0 bridgehead atoms. The second-order valence-corrected chi connectivity index (χ2v) is 6.67. The van der Waals surface area contributed by atoms with Gasteiger partial charge in [-0.05, 0) is 18.2 Å². The maximum Gasteiger partial charge on any atom is 0.329 e. The van der Waals surface area contributed by atoms with Crippen molar-refractivity contribution in [3.63, 3.8) is 0 Å². The van der Waals surface area contributed by atoms with Crippen molar-refractivity contribution in [2.75, 3.05) is 31.1 Å². The number of amides is 1. The molecule has 0 radical (unpaired) electrons. The Morgan fingerprint density at radius 1 is 1.28 bits per heavy atom. The number of nitrogens with zero attached hydrogens (tertiary/aromatic N) is 2. The molecule has 1 saturated heterocycles. The minimum atomic E-state index is -1.17. The van der Waals surface area contributed by atoms with Gasteiger partial charge in [0.2, 0.25) is 5.91 Å². The number of hydrogen-bond donors (Lipinski definition) is 4. The van der Waals surface area contributed by atoms with Gasteiger partial charge in [-0.1, -0.05) is 5.92 Å². The Hall–Kier alpha value is -3.58. The van der Waals surface area contributed by atoms with Crippen LogP contribution >= 0.6 is 0 Å². The van der Waals surface area contributed by atoms with Crippen molar-refractivity contribution in [1.29, 1.82) is 0 Å². The van der Waals surface area contributed by atoms with Crippen LogP contribution in [-0.2, 0) is 16.1 Å². The fourth-order valence-electron chi connectivity index (χ4n) is 3.21. The van der Waals surface area contributed by atoms with Crippen LogP contribution in [0.4, 0.5) is 5.69 Å². The number of aromatic nitrogens is 2. The highest BCUT2D eigenvalue weighted by Gasteiger charge is 2.17. The Balaban J connectivity index is 1.88. The Labute approximate surface area is 165 Å². The van der Waals surface area contributed by atoms with Gasteiger partial charge in [0.25, 0.3) is 5.56 Å². The van der Waals surface area contributed by atoms with Gasteiger partial charge in [0, 0.05) is 31.9 Å². The summed E-state index contributed by atoms with van der Waals surface area (Å²) in [7, 11) is 0. The van der Waals surface area contributed by atoms with E-state index < -0.39 is 42.1 Å². The van der Waals surface area contributed by atoms with Crippen LogP contribution < -0.4 is 26.8 Å². The molecule has 1 aromatic carbocycles. The fraction of sp³-hybridized carbons (Fsp3) is 0.368. The first-order valence-electron chi connectivity index (χ1n) is 9.09. The summed E-state index contributed by atoms with van der Waals surface area (Å²) in [6, 6.07) is 4.17. The molecule has 1 fully saturated rings. The van der Waals surface area contributed by atoms with Crippen molar-refractivity contribution < 1.29 is 14.7 Å². The molecule has 2 aromatic rings. The normalized spacial score (nSPS) is 14.9. The van der Waals surface area contributed by atoms with Crippen LogP contribution in [0, 0.1) is 12.3 Å². The van der Waals surface area contributed by atoms with Gasteiger partial charge in [0.1, 0.15) is 12.6 Å². The van der Waals surface area contributed by atoms with Crippen molar-refractivity contribution >= 4 is 28.5 Å². The molecule has 1 aromatic heterocycles. The minimum absolute atomic E-state index is 0.285. The summed E-state index contributed by atoms with van der Waals surface area (Å²) in [4.78, 5) is 52.8. The van der Waals surface area contributed by atoms with Crippen LogP contribution in [0.5, 0.6) is 0 Å². The number of aliphatic carboxylic acids is 1. The van der Waals surface area contributed by atoms with Crippen molar-refractivity contribution in [3.05, 3.63) is 39.0 Å². The number of carboxylic acid groups (broad SMARTS) is 1. The molecule has 1 aliphatic heterocycles. The molecule has 1 atom stereocenters. The highest BCUT2D eigenvalue weighted by Crippen LogP contribution is 2.18. The molecule has 152 valence electrons. The summed E-state index contributed by atoms with van der Waals surface area (Å²) < 4.78 is 0.771. The summed E-state index contributed by atoms with van der Waals surface area (Å²) in [5.41, 5.74) is -0.106. The first-order valence-corrected chi connectivity index (χ1v) is 9.09. The number of carboxylic acids is 1. The summed E-state index contributed by atoms with van der Waals surface area (Å²) in [6.07, 6.45) is 4.75. The van der Waals surface area contributed by atoms with E-state index in [1.165, 1.54) is 0 Å². The number of fused-ring (bicyclic) bond motifs is 1. The summed E-state index contributed by atoms with van der Waals surface area (Å²) in [5.74, 6) is 0.261. The van der Waals surface area contributed by atoms with Gasteiger partial charge in [0.05, 0.1) is 17.3 Å². The molecule has 2 heterocycles. The van der Waals surface area contributed by atoms with E-state index in [-0.39, 0.29) is 5.39 Å². The van der Waals surface area contributed by atoms with E-state index in [0.717, 1.165) is 36.4 Å². The quantitative estimate of drug-likeness (QED) is 0.443. The fourth-order valence-corrected chi connectivity index (χ4v) is 3.21. The molecule has 4 N–H and O–H groups in total. The van der Waals surface area contributed by atoms with Gasteiger partial charge in [-0.15, -0.1) is 6.42 Å². The average molecular weight is 399 g/mol. The van der Waals surface area contributed by atoms with Gasteiger partial charge >= 0.3 is 11.7 Å². The number of anilines is 1. The zero-order valence-corrected chi connectivity index (χ0v) is 15.6. The van der Waals surface area contributed by atoms with Crippen LogP contribution in [0.25, 0.3) is 10.9 Å². The lowest BCUT2D eigenvalue weighted by Gasteiger charge is -2.29. The van der Waals surface area contributed by atoms with Crippen molar-refractivity contribution in [3.8, 4) is 12.3 Å². The van der Waals surface area contributed by atoms with Crippen molar-refractivity contribution in [2.24, 2.45) is 0 Å². The van der Waals surface area contributed by atoms with E-state index in [9.17, 15) is 19.2 Å². The number of aromatic amines is 1. The molecule has 0 unspecified atom stereocenters. The van der Waals surface area contributed by atoms with Gasteiger partial charge in [-0.3, -0.25) is 19.0 Å². The number of terminal acetylenes is 1. The van der Waals surface area contributed by atoms with Crippen LogP contribution in [0.15, 0.2) is 27.8 Å². The van der Waals surface area contributed by atoms with Crippen LogP contribution in [0.1, 0.15) is 6.42 Å². The number of hydrogen-bond acceptors (Lipinski definition) is 6. The van der Waals surface area contributed by atoms with E-state index in [1.54, 1.807) is 12.1 Å². The number of piperazine rings is 1. The first kappa shape index (κ1) is 20.2. The number of rotatable bonds is 6. The molecule has 0 saturated carbocycles. The maximum absolute atomic E-state index is 12.9. The Morgan fingerprint density at radius 3 is 2.66 bits per heavy atom. The second-order valence-electron chi connectivity index (χ2n) is 6.67. The zero-order chi connectivity index (χ0) is 21.0. The van der Waals surface area contributed by atoms with Gasteiger partial charge in [-0.2, -0.15) is 0 Å². The Kier molecular flexibility index (Phi) is 5.99. The van der Waals surface area contributed by atoms with E-state index in [4.69, 9.17) is 11.5 Å². The Bertz CT molecular complexity index is 1090. The minimum Gasteiger partial charge on any atom is -0.481 e. The van der Waals surface area contributed by atoms with Gasteiger partial charge in [-0.25, -0.2) is 4.79 Å². The molecule has 10 heteroatoms. The lowest BCUT2D eigenvalue weighted by atomic mass is 10.2. The monoisotopic (exact) mass is 399 g/mol. The number of carbonyl (C=O) groups excluding carboxylic acids is 1. The van der Waals surface area contributed by atoms with Crippen LogP contribution in [0.2, 0.25) is 0 Å². The van der Waals surface area contributed by atoms with E-state index in [1.807, 2.05) is 6.07 Å². The maximum atomic E-state index is 12.9. The molecule has 1 amide bonds. The van der Waals surface area contributed by atoms with Crippen LogP contribution in [0.3, 0.4) is 0 Å².